The molecule has 2 N–H and O–H groups in total. The molecule has 0 aromatic heterocycles. The Kier molecular flexibility index (Phi) is 4.58. The number of β-amino-alcohol motifs (C(OH)–C–C–N with tert-alkyl or cyclic N) is 1. The Morgan fingerprint density at radius 2 is 2.17 bits per heavy atom. The van der Waals surface area contributed by atoms with E-state index in [9.17, 15) is 9.90 Å². The molecule has 106 valence electrons. The average molecular weight is 261 g/mol. The van der Waals surface area contributed by atoms with Crippen molar-refractivity contribution in [1.29, 1.82) is 0 Å². The second-order valence-electron chi connectivity index (χ2n) is 5.97. The van der Waals surface area contributed by atoms with E-state index in [1.54, 1.807) is 27.7 Å². The summed E-state index contributed by atoms with van der Waals surface area (Å²) >= 11 is 0. The van der Waals surface area contributed by atoms with Crippen LogP contribution in [0.4, 0.5) is 4.79 Å². The maximum atomic E-state index is 12.0. The van der Waals surface area contributed by atoms with Crippen molar-refractivity contribution in [2.75, 3.05) is 26.3 Å². The Hall–Kier alpha value is -0.850. The first-order valence-corrected chi connectivity index (χ1v) is 6.06. The number of ether oxygens (including phenoxy) is 2. The molecule has 1 heterocycles. The summed E-state index contributed by atoms with van der Waals surface area (Å²) in [6.45, 7) is 7.14. The van der Waals surface area contributed by atoms with Crippen LogP contribution in [-0.2, 0) is 9.47 Å². The first-order valence-electron chi connectivity index (χ1n) is 6.06. The second kappa shape index (κ2) is 5.42. The van der Waals surface area contributed by atoms with Crippen LogP contribution in [0.5, 0.6) is 0 Å². The molecule has 6 heteroatoms. The molecule has 0 aromatic rings. The summed E-state index contributed by atoms with van der Waals surface area (Å²) in [6, 6.07) is 0. The monoisotopic (exact) mass is 261 g/mol. The van der Waals surface area contributed by atoms with Crippen molar-refractivity contribution in [2.24, 2.45) is 0 Å². The van der Waals surface area contributed by atoms with Crippen LogP contribution in [0.3, 0.4) is 0 Å². The third-order valence-corrected chi connectivity index (χ3v) is 2.44. The van der Waals surface area contributed by atoms with Crippen molar-refractivity contribution in [3.63, 3.8) is 0 Å². The smallest absolute Gasteiger partial charge is 0.410 e. The first-order chi connectivity index (χ1) is 8.13. The van der Waals surface area contributed by atoms with Crippen LogP contribution in [0, 0.1) is 0 Å². The first kappa shape index (κ1) is 15.2. The van der Waals surface area contributed by atoms with E-state index < -0.39 is 23.4 Å². The molecule has 1 aliphatic heterocycles. The molecule has 0 aliphatic carbocycles. The lowest BCUT2D eigenvalue weighted by Gasteiger charge is -2.30. The van der Waals surface area contributed by atoms with Gasteiger partial charge in [-0.1, -0.05) is 0 Å². The Balaban J connectivity index is 2.74. The highest BCUT2D eigenvalue weighted by Gasteiger charge is 2.35. The number of aliphatic hydroxyl groups is 2. The van der Waals surface area contributed by atoms with Gasteiger partial charge >= 0.3 is 6.09 Å². The molecule has 0 unspecified atom stereocenters. The largest absolute Gasteiger partial charge is 0.444 e. The van der Waals surface area contributed by atoms with Crippen molar-refractivity contribution >= 4 is 6.09 Å². The second-order valence-corrected chi connectivity index (χ2v) is 5.97. The molecule has 18 heavy (non-hydrogen) atoms. The normalized spacial score (nSPS) is 29.9. The predicted octanol–water partition coefficient (Wildman–Crippen LogP) is 0.366. The van der Waals surface area contributed by atoms with Gasteiger partial charge < -0.3 is 24.6 Å². The summed E-state index contributed by atoms with van der Waals surface area (Å²) in [5.74, 6) is 0. The summed E-state index contributed by atoms with van der Waals surface area (Å²) in [6.07, 6.45) is -1.00. The lowest BCUT2D eigenvalue weighted by atomic mass is 10.1. The lowest BCUT2D eigenvalue weighted by molar-refractivity contribution is -0.0538. The standard InChI is InChI=1S/C12H23NO5/c1-11(2,3)18-10(15)13-5-9(6-14)17-8-12(4,16)7-13/h9,14,16H,5-8H2,1-4H3/t9-,12-/m1/s1. The topological polar surface area (TPSA) is 79.2 Å². The van der Waals surface area contributed by atoms with Gasteiger partial charge in [0, 0.05) is 0 Å². The molecule has 1 amide bonds. The number of hydrogen-bond donors (Lipinski definition) is 2. The molecule has 0 bridgehead atoms. The molecular formula is C12H23NO5. The van der Waals surface area contributed by atoms with Gasteiger partial charge in [0.2, 0.25) is 0 Å². The highest BCUT2D eigenvalue weighted by Crippen LogP contribution is 2.18. The van der Waals surface area contributed by atoms with Gasteiger partial charge in [-0.15, -0.1) is 0 Å². The minimum absolute atomic E-state index is 0.0809. The van der Waals surface area contributed by atoms with Crippen LogP contribution in [0.1, 0.15) is 27.7 Å². The summed E-state index contributed by atoms with van der Waals surface area (Å²) in [5, 5.41) is 19.2. The fourth-order valence-corrected chi connectivity index (χ4v) is 1.69. The summed E-state index contributed by atoms with van der Waals surface area (Å²) < 4.78 is 10.6. The van der Waals surface area contributed by atoms with Crippen LogP contribution in [0.2, 0.25) is 0 Å². The Bertz CT molecular complexity index is 297. The van der Waals surface area contributed by atoms with Gasteiger partial charge in [0.05, 0.1) is 32.4 Å². The van der Waals surface area contributed by atoms with Gasteiger partial charge in [-0.05, 0) is 27.7 Å². The molecule has 1 aliphatic rings. The van der Waals surface area contributed by atoms with E-state index in [1.165, 1.54) is 4.90 Å². The maximum absolute atomic E-state index is 12.0. The quantitative estimate of drug-likeness (QED) is 0.712. The van der Waals surface area contributed by atoms with Gasteiger partial charge in [-0.25, -0.2) is 4.79 Å². The SMILES string of the molecule is CC(C)(C)OC(=O)N1C[C@H](CO)OC[C@](C)(O)C1. The van der Waals surface area contributed by atoms with Gasteiger partial charge in [-0.2, -0.15) is 0 Å². The van der Waals surface area contributed by atoms with Crippen LogP contribution in [-0.4, -0.2) is 64.8 Å². The maximum Gasteiger partial charge on any atom is 0.410 e. The van der Waals surface area contributed by atoms with Gasteiger partial charge in [0.1, 0.15) is 11.2 Å². The number of hydrogen-bond acceptors (Lipinski definition) is 5. The number of rotatable bonds is 1. The van der Waals surface area contributed by atoms with Crippen molar-refractivity contribution in [1.82, 2.24) is 4.90 Å². The molecule has 0 aromatic carbocycles. The molecule has 1 rings (SSSR count). The number of nitrogens with zero attached hydrogens (tertiary/aromatic N) is 1. The van der Waals surface area contributed by atoms with Crippen LogP contribution < -0.4 is 0 Å². The van der Waals surface area contributed by atoms with E-state index in [0.717, 1.165) is 0 Å². The van der Waals surface area contributed by atoms with E-state index in [0.29, 0.717) is 0 Å². The predicted molar refractivity (Wildman–Crippen MR) is 65.3 cm³/mol. The number of carbonyl (C=O) groups is 1. The fraction of sp³-hybridized carbons (Fsp3) is 0.917. The molecular weight excluding hydrogens is 238 g/mol. The van der Waals surface area contributed by atoms with Crippen molar-refractivity contribution in [3.8, 4) is 0 Å². The van der Waals surface area contributed by atoms with E-state index in [-0.39, 0.29) is 26.3 Å². The van der Waals surface area contributed by atoms with E-state index in [4.69, 9.17) is 14.6 Å². The molecule has 1 saturated heterocycles. The number of aliphatic hydroxyl groups excluding tert-OH is 1. The summed E-state index contributed by atoms with van der Waals surface area (Å²) in [7, 11) is 0. The van der Waals surface area contributed by atoms with Crippen molar-refractivity contribution < 1.29 is 24.5 Å². The van der Waals surface area contributed by atoms with Gasteiger partial charge in [0.25, 0.3) is 0 Å². The zero-order valence-corrected chi connectivity index (χ0v) is 11.5. The molecule has 1 fully saturated rings. The molecule has 0 saturated carbocycles. The van der Waals surface area contributed by atoms with Gasteiger partial charge in [0.15, 0.2) is 0 Å². The summed E-state index contributed by atoms with van der Waals surface area (Å²) in [4.78, 5) is 13.3. The van der Waals surface area contributed by atoms with Crippen LogP contribution in [0.15, 0.2) is 0 Å². The zero-order chi connectivity index (χ0) is 14.0. The molecule has 0 radical (unpaired) electrons. The lowest BCUT2D eigenvalue weighted by Crippen LogP contribution is -2.46. The molecule has 6 nitrogen and oxygen atoms in total. The zero-order valence-electron chi connectivity index (χ0n) is 11.5. The number of carbonyl (C=O) groups excluding carboxylic acids is 1. The van der Waals surface area contributed by atoms with Crippen molar-refractivity contribution in [2.45, 2.75) is 45.0 Å². The summed E-state index contributed by atoms with van der Waals surface area (Å²) in [5.41, 5.74) is -1.73. The third kappa shape index (κ3) is 4.80. The molecule has 2 atom stereocenters. The van der Waals surface area contributed by atoms with Crippen LogP contribution >= 0.6 is 0 Å². The minimum Gasteiger partial charge on any atom is -0.444 e. The van der Waals surface area contributed by atoms with E-state index in [2.05, 4.69) is 0 Å². The van der Waals surface area contributed by atoms with Crippen LogP contribution in [0.25, 0.3) is 0 Å². The Morgan fingerprint density at radius 3 is 2.67 bits per heavy atom. The number of amides is 1. The fourth-order valence-electron chi connectivity index (χ4n) is 1.69. The van der Waals surface area contributed by atoms with E-state index >= 15 is 0 Å². The Morgan fingerprint density at radius 1 is 1.56 bits per heavy atom. The van der Waals surface area contributed by atoms with Gasteiger partial charge in [-0.3, -0.25) is 0 Å². The highest BCUT2D eigenvalue weighted by atomic mass is 16.6. The highest BCUT2D eigenvalue weighted by molar-refractivity contribution is 5.68. The third-order valence-electron chi connectivity index (χ3n) is 2.44. The molecule has 0 spiro atoms. The van der Waals surface area contributed by atoms with E-state index in [1.807, 2.05) is 0 Å². The minimum atomic E-state index is -1.14. The van der Waals surface area contributed by atoms with Crippen molar-refractivity contribution in [3.05, 3.63) is 0 Å². The average Bonchev–Trinajstić information content (AvgIpc) is 2.34. The Labute approximate surface area is 107 Å².